The normalized spacial score (nSPS) is 10.3. The van der Waals surface area contributed by atoms with E-state index in [-0.39, 0.29) is 16.9 Å². The third-order valence-electron chi connectivity index (χ3n) is 2.75. The fourth-order valence-corrected chi connectivity index (χ4v) is 1.92. The van der Waals surface area contributed by atoms with Crippen molar-refractivity contribution in [3.05, 3.63) is 59.5 Å². The van der Waals surface area contributed by atoms with Crippen LogP contribution in [0.2, 0.25) is 5.15 Å². The zero-order valence-corrected chi connectivity index (χ0v) is 11.5. The highest BCUT2D eigenvalue weighted by molar-refractivity contribution is 6.32. The quantitative estimate of drug-likeness (QED) is 0.726. The SMILES string of the molecule is O=C(NNc1nc2ccccc2nc1Cl)c1cccnc1. The number of carbonyl (C=O) groups excluding carboxylic acids is 1. The topological polar surface area (TPSA) is 79.8 Å². The lowest BCUT2D eigenvalue weighted by molar-refractivity contribution is 0.0962. The summed E-state index contributed by atoms with van der Waals surface area (Å²) in [6.07, 6.45) is 3.06. The van der Waals surface area contributed by atoms with Gasteiger partial charge in [0.2, 0.25) is 0 Å². The fourth-order valence-electron chi connectivity index (χ4n) is 1.74. The molecule has 2 heterocycles. The molecule has 0 saturated carbocycles. The molecule has 3 rings (SSSR count). The fraction of sp³-hybridized carbons (Fsp3) is 0. The Bertz CT molecular complexity index is 794. The van der Waals surface area contributed by atoms with E-state index in [2.05, 4.69) is 25.8 Å². The summed E-state index contributed by atoms with van der Waals surface area (Å²) in [6, 6.07) is 10.7. The second-order valence-electron chi connectivity index (χ2n) is 4.17. The third kappa shape index (κ3) is 2.90. The maximum Gasteiger partial charge on any atom is 0.271 e. The summed E-state index contributed by atoms with van der Waals surface area (Å²) in [5.74, 6) is -0.0540. The zero-order chi connectivity index (χ0) is 14.7. The number of rotatable bonds is 3. The molecular weight excluding hydrogens is 290 g/mol. The van der Waals surface area contributed by atoms with Gasteiger partial charge in [-0.2, -0.15) is 0 Å². The van der Waals surface area contributed by atoms with Gasteiger partial charge in [-0.05, 0) is 24.3 Å². The minimum atomic E-state index is -0.339. The van der Waals surface area contributed by atoms with Gasteiger partial charge in [-0.3, -0.25) is 20.6 Å². The number of fused-ring (bicyclic) bond motifs is 1. The maximum absolute atomic E-state index is 11.9. The number of nitrogens with one attached hydrogen (secondary N) is 2. The molecule has 0 fully saturated rings. The molecule has 7 heteroatoms. The molecule has 0 spiro atoms. The van der Waals surface area contributed by atoms with E-state index in [1.54, 1.807) is 18.3 Å². The van der Waals surface area contributed by atoms with Crippen LogP contribution in [0.3, 0.4) is 0 Å². The van der Waals surface area contributed by atoms with Crippen LogP contribution in [0.4, 0.5) is 5.82 Å². The minimum Gasteiger partial charge on any atom is -0.279 e. The first kappa shape index (κ1) is 13.3. The van der Waals surface area contributed by atoms with E-state index in [0.29, 0.717) is 16.6 Å². The van der Waals surface area contributed by atoms with Crippen molar-refractivity contribution in [3.63, 3.8) is 0 Å². The highest BCUT2D eigenvalue weighted by atomic mass is 35.5. The first-order valence-electron chi connectivity index (χ1n) is 6.13. The number of hydrogen-bond acceptors (Lipinski definition) is 5. The molecule has 6 nitrogen and oxygen atoms in total. The molecule has 0 saturated heterocycles. The number of nitrogens with zero attached hydrogens (tertiary/aromatic N) is 3. The van der Waals surface area contributed by atoms with Gasteiger partial charge in [-0.15, -0.1) is 0 Å². The van der Waals surface area contributed by atoms with Crippen molar-refractivity contribution < 1.29 is 4.79 Å². The zero-order valence-electron chi connectivity index (χ0n) is 10.7. The van der Waals surface area contributed by atoms with Crippen LogP contribution in [0.5, 0.6) is 0 Å². The second-order valence-corrected chi connectivity index (χ2v) is 4.53. The van der Waals surface area contributed by atoms with E-state index in [0.717, 1.165) is 0 Å². The van der Waals surface area contributed by atoms with Gasteiger partial charge in [-0.1, -0.05) is 23.7 Å². The lowest BCUT2D eigenvalue weighted by atomic mass is 10.3. The monoisotopic (exact) mass is 299 g/mol. The molecular formula is C14H10ClN5O. The van der Waals surface area contributed by atoms with Crippen LogP contribution in [-0.2, 0) is 0 Å². The van der Waals surface area contributed by atoms with Crippen molar-refractivity contribution >= 4 is 34.4 Å². The van der Waals surface area contributed by atoms with Crippen molar-refractivity contribution in [3.8, 4) is 0 Å². The smallest absolute Gasteiger partial charge is 0.271 e. The molecule has 0 aliphatic carbocycles. The lowest BCUT2D eigenvalue weighted by Gasteiger charge is -2.09. The number of hydrogen-bond donors (Lipinski definition) is 2. The number of pyridine rings is 1. The summed E-state index contributed by atoms with van der Waals surface area (Å²) in [5, 5.41) is 0.181. The molecule has 3 aromatic rings. The predicted molar refractivity (Wildman–Crippen MR) is 79.9 cm³/mol. The Kier molecular flexibility index (Phi) is 3.61. The summed E-state index contributed by atoms with van der Waals surface area (Å²) in [6.45, 7) is 0. The van der Waals surface area contributed by atoms with Gasteiger partial charge in [0.1, 0.15) is 0 Å². The first-order valence-corrected chi connectivity index (χ1v) is 6.50. The number of amides is 1. The van der Waals surface area contributed by atoms with Crippen LogP contribution >= 0.6 is 11.6 Å². The Morgan fingerprint density at radius 2 is 1.81 bits per heavy atom. The van der Waals surface area contributed by atoms with Crippen LogP contribution in [0, 0.1) is 0 Å². The third-order valence-corrected chi connectivity index (χ3v) is 3.01. The summed E-state index contributed by atoms with van der Waals surface area (Å²) in [5.41, 5.74) is 6.97. The molecule has 0 aliphatic rings. The number of benzene rings is 1. The Labute approximate surface area is 125 Å². The number of carbonyl (C=O) groups is 1. The molecule has 0 unspecified atom stereocenters. The molecule has 2 N–H and O–H groups in total. The van der Waals surface area contributed by atoms with Gasteiger partial charge in [0, 0.05) is 12.4 Å². The van der Waals surface area contributed by atoms with Crippen molar-refractivity contribution in [2.75, 3.05) is 5.43 Å². The molecule has 2 aromatic heterocycles. The second kappa shape index (κ2) is 5.72. The average Bonchev–Trinajstić information content (AvgIpc) is 2.53. The van der Waals surface area contributed by atoms with Crippen molar-refractivity contribution in [1.29, 1.82) is 0 Å². The van der Waals surface area contributed by atoms with E-state index >= 15 is 0 Å². The van der Waals surface area contributed by atoms with Gasteiger partial charge in [0.15, 0.2) is 11.0 Å². The molecule has 1 amide bonds. The highest BCUT2D eigenvalue weighted by Gasteiger charge is 2.09. The average molecular weight is 300 g/mol. The van der Waals surface area contributed by atoms with Gasteiger partial charge >= 0.3 is 0 Å². The van der Waals surface area contributed by atoms with Crippen LogP contribution in [0.15, 0.2) is 48.8 Å². The van der Waals surface area contributed by atoms with Crippen molar-refractivity contribution in [1.82, 2.24) is 20.4 Å². The van der Waals surface area contributed by atoms with Crippen LogP contribution in [-0.4, -0.2) is 20.9 Å². The number of halogens is 1. The Morgan fingerprint density at radius 3 is 2.52 bits per heavy atom. The predicted octanol–water partition coefficient (Wildman–Crippen LogP) is 2.44. The number of aromatic nitrogens is 3. The summed E-state index contributed by atoms with van der Waals surface area (Å²) >= 11 is 6.03. The highest BCUT2D eigenvalue weighted by Crippen LogP contribution is 2.20. The Morgan fingerprint density at radius 1 is 1.05 bits per heavy atom. The molecule has 1 aromatic carbocycles. The lowest BCUT2D eigenvalue weighted by Crippen LogP contribution is -2.30. The molecule has 0 aliphatic heterocycles. The molecule has 0 radical (unpaired) electrons. The van der Waals surface area contributed by atoms with E-state index in [1.807, 2.05) is 24.3 Å². The van der Waals surface area contributed by atoms with Crippen LogP contribution < -0.4 is 10.9 Å². The Balaban J connectivity index is 1.79. The molecule has 21 heavy (non-hydrogen) atoms. The van der Waals surface area contributed by atoms with E-state index in [9.17, 15) is 4.79 Å². The number of para-hydroxylation sites is 2. The van der Waals surface area contributed by atoms with E-state index in [1.165, 1.54) is 6.20 Å². The van der Waals surface area contributed by atoms with Gasteiger partial charge in [0.25, 0.3) is 5.91 Å². The first-order chi connectivity index (χ1) is 10.2. The van der Waals surface area contributed by atoms with Crippen LogP contribution in [0.1, 0.15) is 10.4 Å². The maximum atomic E-state index is 11.9. The van der Waals surface area contributed by atoms with Crippen molar-refractivity contribution in [2.45, 2.75) is 0 Å². The van der Waals surface area contributed by atoms with Crippen molar-refractivity contribution in [2.24, 2.45) is 0 Å². The standard InChI is InChI=1S/C14H10ClN5O/c15-12-13(18-11-6-2-1-5-10(11)17-12)19-20-14(21)9-4-3-7-16-8-9/h1-8H,(H,18,19)(H,20,21). The van der Waals surface area contributed by atoms with Gasteiger partial charge < -0.3 is 0 Å². The summed E-state index contributed by atoms with van der Waals surface area (Å²) in [7, 11) is 0. The molecule has 104 valence electrons. The minimum absolute atomic E-state index is 0.181. The largest absolute Gasteiger partial charge is 0.279 e. The van der Waals surface area contributed by atoms with Crippen LogP contribution in [0.25, 0.3) is 11.0 Å². The number of hydrazine groups is 1. The van der Waals surface area contributed by atoms with Gasteiger partial charge in [-0.25, -0.2) is 9.97 Å². The summed E-state index contributed by atoms with van der Waals surface area (Å²) < 4.78 is 0. The molecule has 0 atom stereocenters. The summed E-state index contributed by atoms with van der Waals surface area (Å²) in [4.78, 5) is 24.3. The molecule has 0 bridgehead atoms. The number of anilines is 1. The van der Waals surface area contributed by atoms with Gasteiger partial charge in [0.05, 0.1) is 16.6 Å². The Hall–Kier alpha value is -2.73. The van der Waals surface area contributed by atoms with E-state index in [4.69, 9.17) is 11.6 Å². The van der Waals surface area contributed by atoms with E-state index < -0.39 is 0 Å².